The van der Waals surface area contributed by atoms with Crippen LogP contribution in [0.1, 0.15) is 10.4 Å². The molecule has 0 heterocycles. The summed E-state index contributed by atoms with van der Waals surface area (Å²) in [5, 5.41) is 19.2. The molecule has 0 atom stereocenters. The predicted molar refractivity (Wildman–Crippen MR) is 55.5 cm³/mol. The minimum absolute atomic E-state index is 0.139. The van der Waals surface area contributed by atoms with Crippen molar-refractivity contribution in [2.24, 2.45) is 0 Å². The number of hydrogen-bond donors (Lipinski definition) is 1. The number of carbonyl (C=O) groups is 1. The summed E-state index contributed by atoms with van der Waals surface area (Å²) in [6.45, 7) is 0. The molecule has 0 spiro atoms. The summed E-state index contributed by atoms with van der Waals surface area (Å²) in [6.07, 6.45) is 0. The van der Waals surface area contributed by atoms with Gasteiger partial charge in [0.05, 0.1) is 15.0 Å². The molecule has 14 heavy (non-hydrogen) atoms. The first-order valence-corrected chi connectivity index (χ1v) is 4.89. The Morgan fingerprint density at radius 1 is 1.36 bits per heavy atom. The van der Waals surface area contributed by atoms with E-state index >= 15 is 0 Å². The zero-order chi connectivity index (χ0) is 10.9. The summed E-state index contributed by atoms with van der Waals surface area (Å²) in [7, 11) is 0. The average Bonchev–Trinajstić information content (AvgIpc) is 2.02. The van der Waals surface area contributed by atoms with E-state index in [9.17, 15) is 14.9 Å². The van der Waals surface area contributed by atoms with Crippen LogP contribution in [-0.2, 0) is 0 Å². The minimum atomic E-state index is -1.22. The zero-order valence-corrected chi connectivity index (χ0v) is 9.70. The highest BCUT2D eigenvalue weighted by molar-refractivity contribution is 9.11. The van der Waals surface area contributed by atoms with Crippen molar-refractivity contribution in [3.63, 3.8) is 0 Å². The van der Waals surface area contributed by atoms with E-state index in [2.05, 4.69) is 31.9 Å². The number of hydrogen-bond acceptors (Lipinski definition) is 3. The van der Waals surface area contributed by atoms with Gasteiger partial charge in [0.15, 0.2) is 0 Å². The molecule has 0 saturated carbocycles. The van der Waals surface area contributed by atoms with Gasteiger partial charge >= 0.3 is 5.97 Å². The highest BCUT2D eigenvalue weighted by Gasteiger charge is 2.18. The van der Waals surface area contributed by atoms with Crippen LogP contribution < -0.4 is 0 Å². The summed E-state index contributed by atoms with van der Waals surface area (Å²) >= 11 is 5.96. The molecule has 0 fully saturated rings. The first kappa shape index (κ1) is 11.1. The topological polar surface area (TPSA) is 80.4 Å². The molecule has 0 aromatic heterocycles. The molecule has 0 radical (unpaired) electrons. The second-order valence-corrected chi connectivity index (χ2v) is 4.05. The molecule has 1 rings (SSSR count). The van der Waals surface area contributed by atoms with Crippen molar-refractivity contribution in [2.45, 2.75) is 0 Å². The molecule has 0 aliphatic rings. The van der Waals surface area contributed by atoms with E-state index < -0.39 is 10.9 Å². The Morgan fingerprint density at radius 2 is 1.93 bits per heavy atom. The monoisotopic (exact) mass is 323 g/mol. The Kier molecular flexibility index (Phi) is 3.22. The standard InChI is InChI=1S/C7H3Br2NO4/c8-4-2-5(9)6(10(13)14)1-3(4)7(11)12/h1-2H,(H,11,12). The number of nitrogens with zero attached hydrogens (tertiary/aromatic N) is 1. The molecule has 0 unspecified atom stereocenters. The Labute approximate surface area is 95.1 Å². The Morgan fingerprint density at radius 3 is 2.36 bits per heavy atom. The molecule has 5 nitrogen and oxygen atoms in total. The third-order valence-corrected chi connectivity index (χ3v) is 2.75. The average molecular weight is 325 g/mol. The van der Waals surface area contributed by atoms with Crippen LogP contribution in [0.5, 0.6) is 0 Å². The number of benzene rings is 1. The van der Waals surface area contributed by atoms with Crippen LogP contribution in [0.4, 0.5) is 5.69 Å². The molecular formula is C7H3Br2NO4. The molecule has 0 bridgehead atoms. The number of aromatic carboxylic acids is 1. The van der Waals surface area contributed by atoms with Crippen LogP contribution in [-0.4, -0.2) is 16.0 Å². The van der Waals surface area contributed by atoms with Crippen molar-refractivity contribution in [1.82, 2.24) is 0 Å². The maximum atomic E-state index is 10.6. The largest absolute Gasteiger partial charge is 0.478 e. The second kappa shape index (κ2) is 4.05. The summed E-state index contributed by atoms with van der Waals surface area (Å²) in [6, 6.07) is 2.33. The van der Waals surface area contributed by atoms with Gasteiger partial charge in [-0.15, -0.1) is 0 Å². The van der Waals surface area contributed by atoms with Crippen LogP contribution in [0.15, 0.2) is 21.1 Å². The van der Waals surface area contributed by atoms with E-state index in [-0.39, 0.29) is 15.7 Å². The Hall–Kier alpha value is -0.950. The predicted octanol–water partition coefficient (Wildman–Crippen LogP) is 2.82. The van der Waals surface area contributed by atoms with E-state index in [1.807, 2.05) is 0 Å². The molecule has 74 valence electrons. The van der Waals surface area contributed by atoms with Crippen LogP contribution >= 0.6 is 31.9 Å². The molecule has 1 N–H and O–H groups in total. The lowest BCUT2D eigenvalue weighted by Crippen LogP contribution is -2.00. The maximum absolute atomic E-state index is 10.6. The van der Waals surface area contributed by atoms with Gasteiger partial charge in [0.2, 0.25) is 0 Å². The summed E-state index contributed by atoms with van der Waals surface area (Å²) < 4.78 is 0.529. The fourth-order valence-corrected chi connectivity index (χ4v) is 2.15. The van der Waals surface area contributed by atoms with Crippen LogP contribution in [0.3, 0.4) is 0 Å². The first-order valence-electron chi connectivity index (χ1n) is 3.30. The molecular weight excluding hydrogens is 322 g/mol. The highest BCUT2D eigenvalue weighted by Crippen LogP contribution is 2.31. The SMILES string of the molecule is O=C(O)c1cc([N+](=O)[O-])c(Br)cc1Br. The Balaban J connectivity index is 3.42. The second-order valence-electron chi connectivity index (χ2n) is 2.35. The van der Waals surface area contributed by atoms with Gasteiger partial charge in [-0.25, -0.2) is 4.79 Å². The van der Waals surface area contributed by atoms with Crippen molar-refractivity contribution >= 4 is 43.5 Å². The zero-order valence-electron chi connectivity index (χ0n) is 6.53. The maximum Gasteiger partial charge on any atom is 0.337 e. The van der Waals surface area contributed by atoms with Crippen molar-refractivity contribution < 1.29 is 14.8 Å². The quantitative estimate of drug-likeness (QED) is 0.670. The molecule has 1 aromatic rings. The normalized spacial score (nSPS) is 9.86. The van der Waals surface area contributed by atoms with Gasteiger partial charge in [-0.3, -0.25) is 10.1 Å². The molecule has 0 amide bonds. The third kappa shape index (κ3) is 2.10. The molecule has 0 saturated heterocycles. The van der Waals surface area contributed by atoms with E-state index in [0.29, 0.717) is 4.47 Å². The Bertz CT molecular complexity index is 383. The lowest BCUT2D eigenvalue weighted by molar-refractivity contribution is -0.385. The fourth-order valence-electron chi connectivity index (χ4n) is 0.841. The van der Waals surface area contributed by atoms with Gasteiger partial charge in [-0.05, 0) is 37.9 Å². The van der Waals surface area contributed by atoms with Gasteiger partial charge in [0, 0.05) is 10.5 Å². The van der Waals surface area contributed by atoms with Crippen LogP contribution in [0, 0.1) is 10.1 Å². The van der Waals surface area contributed by atoms with E-state index in [0.717, 1.165) is 6.07 Å². The highest BCUT2D eigenvalue weighted by atomic mass is 79.9. The summed E-state index contributed by atoms with van der Waals surface area (Å²) in [4.78, 5) is 20.5. The number of carboxylic acids is 1. The minimum Gasteiger partial charge on any atom is -0.478 e. The summed E-state index contributed by atoms with van der Waals surface area (Å²) in [5.74, 6) is -1.22. The molecule has 0 aliphatic carbocycles. The van der Waals surface area contributed by atoms with E-state index in [4.69, 9.17) is 5.11 Å². The first-order chi connectivity index (χ1) is 6.43. The van der Waals surface area contributed by atoms with E-state index in [1.165, 1.54) is 6.07 Å². The van der Waals surface area contributed by atoms with Crippen molar-refractivity contribution in [1.29, 1.82) is 0 Å². The van der Waals surface area contributed by atoms with Crippen molar-refractivity contribution in [2.75, 3.05) is 0 Å². The molecule has 7 heteroatoms. The smallest absolute Gasteiger partial charge is 0.337 e. The lowest BCUT2D eigenvalue weighted by Gasteiger charge is -2.00. The van der Waals surface area contributed by atoms with E-state index in [1.54, 1.807) is 0 Å². The van der Waals surface area contributed by atoms with Crippen molar-refractivity contribution in [3.8, 4) is 0 Å². The van der Waals surface area contributed by atoms with Gasteiger partial charge in [0.1, 0.15) is 0 Å². The number of nitro groups is 1. The molecule has 1 aromatic carbocycles. The van der Waals surface area contributed by atoms with Gasteiger partial charge in [0.25, 0.3) is 5.69 Å². The van der Waals surface area contributed by atoms with Gasteiger partial charge < -0.3 is 5.11 Å². The lowest BCUT2D eigenvalue weighted by atomic mass is 10.2. The van der Waals surface area contributed by atoms with Crippen LogP contribution in [0.25, 0.3) is 0 Å². The number of rotatable bonds is 2. The van der Waals surface area contributed by atoms with Gasteiger partial charge in [-0.1, -0.05) is 0 Å². The fraction of sp³-hybridized carbons (Fsp3) is 0. The van der Waals surface area contributed by atoms with Crippen molar-refractivity contribution in [3.05, 3.63) is 36.8 Å². The number of halogens is 2. The van der Waals surface area contributed by atoms with Gasteiger partial charge in [-0.2, -0.15) is 0 Å². The third-order valence-electron chi connectivity index (χ3n) is 1.46. The van der Waals surface area contributed by atoms with Crippen LogP contribution in [0.2, 0.25) is 0 Å². The number of carboxylic acid groups (broad SMARTS) is 1. The summed E-state index contributed by atoms with van der Waals surface area (Å²) in [5.41, 5.74) is -0.412. The molecule has 0 aliphatic heterocycles. The number of nitro benzene ring substituents is 1.